The minimum atomic E-state index is 0.586. The summed E-state index contributed by atoms with van der Waals surface area (Å²) >= 11 is 3.25. The Morgan fingerprint density at radius 3 is 2.69 bits per heavy atom. The average molecular weight is 235 g/mol. The Balaban J connectivity index is 3.36. The molecule has 0 spiro atoms. The van der Waals surface area contributed by atoms with Crippen molar-refractivity contribution in [1.82, 2.24) is 0 Å². The van der Waals surface area contributed by atoms with Crippen molar-refractivity contribution in [2.24, 2.45) is 4.99 Å². The fraction of sp³-hybridized carbons (Fsp3) is 0. The maximum Gasteiger partial charge on any atom is 0.0991 e. The molecule has 1 aromatic rings. The molecule has 64 valence electrons. The van der Waals surface area contributed by atoms with Crippen LogP contribution in [0.1, 0.15) is 11.1 Å². The summed E-state index contributed by atoms with van der Waals surface area (Å²) < 4.78 is 0.701. The van der Waals surface area contributed by atoms with E-state index in [2.05, 4.69) is 34.2 Å². The van der Waals surface area contributed by atoms with E-state index in [1.165, 1.54) is 0 Å². The number of halogens is 1. The molecule has 0 aliphatic heterocycles. The molecule has 1 rings (SSSR count). The normalized spacial score (nSPS) is 8.92. The molecule has 0 aliphatic carbocycles. The van der Waals surface area contributed by atoms with Crippen LogP contribution in [-0.4, -0.2) is 6.72 Å². The Kier molecular flexibility index (Phi) is 2.99. The summed E-state index contributed by atoms with van der Waals surface area (Å²) in [4.78, 5) is 3.82. The molecule has 3 heteroatoms. The SMILES string of the molecule is C=Nc1ccc(C#N)cc1C(=C)Br. The molecule has 0 bridgehead atoms. The lowest BCUT2D eigenvalue weighted by Crippen LogP contribution is -1.80. The summed E-state index contributed by atoms with van der Waals surface area (Å²) in [7, 11) is 0. The number of rotatable bonds is 2. The monoisotopic (exact) mass is 234 g/mol. The summed E-state index contributed by atoms with van der Waals surface area (Å²) in [6.45, 7) is 7.16. The van der Waals surface area contributed by atoms with Gasteiger partial charge in [-0.2, -0.15) is 5.26 Å². The van der Waals surface area contributed by atoms with E-state index in [9.17, 15) is 0 Å². The van der Waals surface area contributed by atoms with Gasteiger partial charge in [-0.1, -0.05) is 22.5 Å². The highest BCUT2D eigenvalue weighted by Gasteiger charge is 2.03. The first kappa shape index (κ1) is 9.69. The Labute approximate surface area is 85.4 Å². The average Bonchev–Trinajstić information content (AvgIpc) is 2.16. The third-order valence-corrected chi connectivity index (χ3v) is 2.02. The molecule has 0 fully saturated rings. The Bertz CT molecular complexity index is 402. The first-order valence-corrected chi connectivity index (χ1v) is 4.34. The van der Waals surface area contributed by atoms with Crippen molar-refractivity contribution in [1.29, 1.82) is 5.26 Å². The van der Waals surface area contributed by atoms with Crippen molar-refractivity contribution in [3.8, 4) is 6.07 Å². The van der Waals surface area contributed by atoms with Gasteiger partial charge in [-0.05, 0) is 24.9 Å². The lowest BCUT2D eigenvalue weighted by Gasteiger charge is -2.02. The van der Waals surface area contributed by atoms with E-state index in [0.29, 0.717) is 10.0 Å². The van der Waals surface area contributed by atoms with Crippen molar-refractivity contribution in [2.75, 3.05) is 0 Å². The van der Waals surface area contributed by atoms with Gasteiger partial charge in [0.1, 0.15) is 0 Å². The fourth-order valence-corrected chi connectivity index (χ4v) is 1.28. The third-order valence-electron chi connectivity index (χ3n) is 1.59. The summed E-state index contributed by atoms with van der Waals surface area (Å²) in [5.41, 5.74) is 2.11. The molecular formula is C10H7BrN2. The molecule has 0 atom stereocenters. The quantitative estimate of drug-likeness (QED) is 0.724. The van der Waals surface area contributed by atoms with Crippen LogP contribution >= 0.6 is 15.9 Å². The number of aliphatic imine (C=N–C) groups is 1. The molecule has 0 N–H and O–H groups in total. The van der Waals surface area contributed by atoms with Gasteiger partial charge in [0.05, 0.1) is 17.3 Å². The number of hydrogen-bond donors (Lipinski definition) is 0. The van der Waals surface area contributed by atoms with E-state index < -0.39 is 0 Å². The lowest BCUT2D eigenvalue weighted by molar-refractivity contribution is 1.45. The van der Waals surface area contributed by atoms with Crippen LogP contribution in [0.4, 0.5) is 5.69 Å². The van der Waals surface area contributed by atoms with E-state index >= 15 is 0 Å². The highest BCUT2D eigenvalue weighted by molar-refractivity contribution is 9.15. The predicted molar refractivity (Wildman–Crippen MR) is 58.3 cm³/mol. The van der Waals surface area contributed by atoms with Crippen LogP contribution in [0.2, 0.25) is 0 Å². The van der Waals surface area contributed by atoms with Gasteiger partial charge >= 0.3 is 0 Å². The van der Waals surface area contributed by atoms with E-state index in [1.54, 1.807) is 18.2 Å². The maximum absolute atomic E-state index is 8.67. The van der Waals surface area contributed by atoms with Gasteiger partial charge in [0, 0.05) is 10.0 Å². The van der Waals surface area contributed by atoms with Gasteiger partial charge < -0.3 is 0 Å². The van der Waals surface area contributed by atoms with Crippen molar-refractivity contribution >= 4 is 32.8 Å². The first-order valence-electron chi connectivity index (χ1n) is 3.54. The van der Waals surface area contributed by atoms with Gasteiger partial charge in [-0.25, -0.2) is 0 Å². The van der Waals surface area contributed by atoms with Crippen LogP contribution in [0.3, 0.4) is 0 Å². The van der Waals surface area contributed by atoms with Crippen LogP contribution in [0.15, 0.2) is 29.8 Å². The Morgan fingerprint density at radius 2 is 2.23 bits per heavy atom. The number of benzene rings is 1. The molecule has 0 saturated carbocycles. The number of hydrogen-bond acceptors (Lipinski definition) is 2. The van der Waals surface area contributed by atoms with E-state index in [0.717, 1.165) is 11.3 Å². The molecular weight excluding hydrogens is 228 g/mol. The largest absolute Gasteiger partial charge is 0.264 e. The zero-order chi connectivity index (χ0) is 9.84. The van der Waals surface area contributed by atoms with Gasteiger partial charge in [-0.3, -0.25) is 4.99 Å². The summed E-state index contributed by atoms with van der Waals surface area (Å²) in [6.07, 6.45) is 0. The molecule has 0 amide bonds. The van der Waals surface area contributed by atoms with Gasteiger partial charge in [-0.15, -0.1) is 0 Å². The van der Waals surface area contributed by atoms with Crippen molar-refractivity contribution in [3.05, 3.63) is 35.9 Å². The van der Waals surface area contributed by atoms with Crippen LogP contribution in [0.25, 0.3) is 4.48 Å². The molecule has 0 aromatic heterocycles. The maximum atomic E-state index is 8.67. The molecule has 1 aromatic carbocycles. The fourth-order valence-electron chi connectivity index (χ4n) is 0.961. The Morgan fingerprint density at radius 1 is 1.54 bits per heavy atom. The minimum Gasteiger partial charge on any atom is -0.264 e. The lowest BCUT2D eigenvalue weighted by atomic mass is 10.1. The highest BCUT2D eigenvalue weighted by atomic mass is 79.9. The zero-order valence-corrected chi connectivity index (χ0v) is 8.50. The van der Waals surface area contributed by atoms with Gasteiger partial charge in [0.2, 0.25) is 0 Å². The third kappa shape index (κ3) is 2.04. The van der Waals surface area contributed by atoms with Crippen LogP contribution in [0.5, 0.6) is 0 Å². The molecule has 0 heterocycles. The van der Waals surface area contributed by atoms with Crippen molar-refractivity contribution < 1.29 is 0 Å². The minimum absolute atomic E-state index is 0.586. The zero-order valence-electron chi connectivity index (χ0n) is 6.92. The second-order valence-electron chi connectivity index (χ2n) is 2.41. The van der Waals surface area contributed by atoms with E-state index in [-0.39, 0.29) is 0 Å². The molecule has 0 unspecified atom stereocenters. The van der Waals surface area contributed by atoms with Crippen molar-refractivity contribution in [3.63, 3.8) is 0 Å². The predicted octanol–water partition coefficient (Wildman–Crippen LogP) is 3.26. The molecule has 0 saturated heterocycles. The summed E-state index contributed by atoms with van der Waals surface area (Å²) in [5.74, 6) is 0. The summed E-state index contributed by atoms with van der Waals surface area (Å²) in [5, 5.41) is 8.67. The number of nitrogens with zero attached hydrogens (tertiary/aromatic N) is 2. The van der Waals surface area contributed by atoms with E-state index in [1.807, 2.05) is 6.07 Å². The standard InChI is InChI=1S/C10H7BrN2/c1-7(11)9-5-8(6-12)3-4-10(9)13-2/h3-5H,1-2H2. The number of nitriles is 1. The van der Waals surface area contributed by atoms with Crippen LogP contribution in [0, 0.1) is 11.3 Å². The molecule has 0 aliphatic rings. The van der Waals surface area contributed by atoms with Crippen LogP contribution < -0.4 is 0 Å². The Hall–Kier alpha value is -1.40. The smallest absolute Gasteiger partial charge is 0.0991 e. The summed E-state index contributed by atoms with van der Waals surface area (Å²) in [6, 6.07) is 7.21. The van der Waals surface area contributed by atoms with E-state index in [4.69, 9.17) is 5.26 Å². The second kappa shape index (κ2) is 4.01. The van der Waals surface area contributed by atoms with Crippen LogP contribution in [-0.2, 0) is 0 Å². The molecule has 13 heavy (non-hydrogen) atoms. The molecule has 2 nitrogen and oxygen atoms in total. The van der Waals surface area contributed by atoms with Gasteiger partial charge in [0.25, 0.3) is 0 Å². The topological polar surface area (TPSA) is 36.1 Å². The first-order chi connectivity index (χ1) is 6.19. The molecule has 0 radical (unpaired) electrons. The highest BCUT2D eigenvalue weighted by Crippen LogP contribution is 2.29. The second-order valence-corrected chi connectivity index (χ2v) is 3.36. The van der Waals surface area contributed by atoms with Gasteiger partial charge in [0.15, 0.2) is 0 Å². The van der Waals surface area contributed by atoms with Crippen molar-refractivity contribution in [2.45, 2.75) is 0 Å².